The second-order valence-corrected chi connectivity index (χ2v) is 9.92. The SMILES string of the molecule is CCCCN(CCCC)CC(O)c1cc(/C=C/c2ccc(Cl)cc2)nc(/C=C/c2ccc(Cl)cc2)c1. The van der Waals surface area contributed by atoms with Crippen molar-refractivity contribution in [3.8, 4) is 0 Å². The van der Waals surface area contributed by atoms with Crippen LogP contribution in [-0.4, -0.2) is 34.6 Å². The third-order valence-corrected chi connectivity index (χ3v) is 6.50. The Morgan fingerprint density at radius 2 is 1.19 bits per heavy atom. The van der Waals surface area contributed by atoms with Crippen molar-refractivity contribution in [2.45, 2.75) is 45.6 Å². The minimum atomic E-state index is -0.591. The molecule has 0 aliphatic rings. The summed E-state index contributed by atoms with van der Waals surface area (Å²) in [6.07, 6.45) is 11.9. The predicted molar refractivity (Wildman–Crippen MR) is 156 cm³/mol. The molecule has 0 aliphatic heterocycles. The molecule has 3 nitrogen and oxygen atoms in total. The van der Waals surface area contributed by atoms with Crippen molar-refractivity contribution < 1.29 is 5.11 Å². The number of hydrogen-bond acceptors (Lipinski definition) is 3. The monoisotopic (exact) mass is 522 g/mol. The van der Waals surface area contributed by atoms with Crippen molar-refractivity contribution in [3.63, 3.8) is 0 Å². The maximum absolute atomic E-state index is 11.2. The average molecular weight is 524 g/mol. The number of unbranched alkanes of at least 4 members (excludes halogenated alkanes) is 2. The van der Waals surface area contributed by atoms with Crippen molar-refractivity contribution in [2.75, 3.05) is 19.6 Å². The van der Waals surface area contributed by atoms with Gasteiger partial charge in [-0.2, -0.15) is 0 Å². The minimum absolute atomic E-state index is 0.591. The Bertz CT molecular complexity index is 1040. The highest BCUT2D eigenvalue weighted by Crippen LogP contribution is 2.21. The van der Waals surface area contributed by atoms with Crippen molar-refractivity contribution in [3.05, 3.63) is 98.8 Å². The molecule has 0 saturated heterocycles. The fourth-order valence-corrected chi connectivity index (χ4v) is 4.13. The van der Waals surface area contributed by atoms with Gasteiger partial charge in [-0.25, -0.2) is 4.98 Å². The summed E-state index contributed by atoms with van der Waals surface area (Å²) in [5, 5.41) is 12.6. The van der Waals surface area contributed by atoms with Crippen LogP contribution in [0.15, 0.2) is 60.7 Å². The van der Waals surface area contributed by atoms with Crippen LogP contribution < -0.4 is 0 Å². The van der Waals surface area contributed by atoms with Crippen LogP contribution in [0.4, 0.5) is 0 Å². The summed E-state index contributed by atoms with van der Waals surface area (Å²) in [6, 6.07) is 19.3. The molecule has 2 aromatic carbocycles. The Morgan fingerprint density at radius 3 is 1.61 bits per heavy atom. The quantitative estimate of drug-likeness (QED) is 0.244. The van der Waals surface area contributed by atoms with Crippen LogP contribution in [0.2, 0.25) is 10.0 Å². The number of nitrogens with zero attached hydrogens (tertiary/aromatic N) is 2. The molecule has 190 valence electrons. The molecule has 0 spiro atoms. The number of aromatic nitrogens is 1. The van der Waals surface area contributed by atoms with E-state index < -0.39 is 6.10 Å². The van der Waals surface area contributed by atoms with Crippen LogP contribution in [0.1, 0.15) is 73.7 Å². The number of aliphatic hydroxyl groups excluding tert-OH is 1. The molecule has 0 radical (unpaired) electrons. The molecule has 1 atom stereocenters. The van der Waals surface area contributed by atoms with Gasteiger partial charge in [0.2, 0.25) is 0 Å². The van der Waals surface area contributed by atoms with Gasteiger partial charge in [-0.1, -0.05) is 86.3 Å². The Hall–Kier alpha value is -2.43. The lowest BCUT2D eigenvalue weighted by Crippen LogP contribution is -2.30. The first kappa shape index (κ1) is 28.1. The van der Waals surface area contributed by atoms with E-state index in [1.807, 2.05) is 85.0 Å². The first-order valence-electron chi connectivity index (χ1n) is 12.8. The molecule has 0 fully saturated rings. The molecule has 3 rings (SSSR count). The molecular weight excluding hydrogens is 487 g/mol. The van der Waals surface area contributed by atoms with E-state index in [1.165, 1.54) is 0 Å². The zero-order valence-electron chi connectivity index (χ0n) is 21.2. The molecule has 0 aliphatic carbocycles. The Kier molecular flexibility index (Phi) is 11.7. The fourth-order valence-electron chi connectivity index (χ4n) is 3.88. The number of rotatable bonds is 13. The van der Waals surface area contributed by atoms with Crippen LogP contribution in [0.5, 0.6) is 0 Å². The standard InChI is InChI=1S/C31H36Cl2N2O/c1-3-5-19-35(20-6-4-2)23-31(36)26-21-29(17-11-24-7-13-27(32)14-8-24)34-30(22-26)18-12-25-9-15-28(33)16-10-25/h7-18,21-22,31,36H,3-6,19-20,23H2,1-2H3/b17-11+,18-12+. The van der Waals surface area contributed by atoms with Gasteiger partial charge in [0.05, 0.1) is 17.5 Å². The molecule has 0 saturated carbocycles. The smallest absolute Gasteiger partial charge is 0.0918 e. The molecule has 0 bridgehead atoms. The number of pyridine rings is 1. The van der Waals surface area contributed by atoms with Crippen LogP contribution in [0.3, 0.4) is 0 Å². The number of benzene rings is 2. The van der Waals surface area contributed by atoms with Crippen molar-refractivity contribution >= 4 is 47.5 Å². The number of halogens is 2. The van der Waals surface area contributed by atoms with Gasteiger partial charge in [-0.15, -0.1) is 0 Å². The highest BCUT2D eigenvalue weighted by atomic mass is 35.5. The summed E-state index contributed by atoms with van der Waals surface area (Å²) in [6.45, 7) is 7.03. The Balaban J connectivity index is 1.87. The van der Waals surface area contributed by atoms with Crippen LogP contribution in [-0.2, 0) is 0 Å². The second kappa shape index (κ2) is 15.0. The maximum atomic E-state index is 11.2. The molecule has 1 unspecified atom stereocenters. The van der Waals surface area contributed by atoms with Gasteiger partial charge in [0, 0.05) is 16.6 Å². The molecule has 3 aromatic rings. The Labute approximate surface area is 226 Å². The van der Waals surface area contributed by atoms with E-state index in [1.54, 1.807) is 0 Å². The molecule has 5 heteroatoms. The molecular formula is C31H36Cl2N2O. The first-order chi connectivity index (χ1) is 17.5. The summed E-state index contributed by atoms with van der Waals surface area (Å²) in [5.74, 6) is 0. The van der Waals surface area contributed by atoms with E-state index in [2.05, 4.69) is 18.7 Å². The van der Waals surface area contributed by atoms with Crippen LogP contribution in [0.25, 0.3) is 24.3 Å². The first-order valence-corrected chi connectivity index (χ1v) is 13.5. The van der Waals surface area contributed by atoms with Crippen molar-refractivity contribution in [2.24, 2.45) is 0 Å². The zero-order chi connectivity index (χ0) is 25.8. The zero-order valence-corrected chi connectivity index (χ0v) is 22.7. The van der Waals surface area contributed by atoms with E-state index in [0.717, 1.165) is 66.9 Å². The van der Waals surface area contributed by atoms with Gasteiger partial charge in [-0.3, -0.25) is 0 Å². The van der Waals surface area contributed by atoms with Gasteiger partial charge in [0.1, 0.15) is 0 Å². The van der Waals surface area contributed by atoms with E-state index >= 15 is 0 Å². The molecule has 1 aromatic heterocycles. The molecule has 36 heavy (non-hydrogen) atoms. The van der Waals surface area contributed by atoms with E-state index in [9.17, 15) is 5.11 Å². The topological polar surface area (TPSA) is 36.4 Å². The maximum Gasteiger partial charge on any atom is 0.0918 e. The highest BCUT2D eigenvalue weighted by molar-refractivity contribution is 6.30. The third-order valence-electron chi connectivity index (χ3n) is 5.99. The minimum Gasteiger partial charge on any atom is -0.387 e. The van der Waals surface area contributed by atoms with Gasteiger partial charge in [0.15, 0.2) is 0 Å². The average Bonchev–Trinajstić information content (AvgIpc) is 2.89. The largest absolute Gasteiger partial charge is 0.387 e. The molecule has 0 amide bonds. The summed E-state index contributed by atoms with van der Waals surface area (Å²) < 4.78 is 0. The van der Waals surface area contributed by atoms with E-state index in [-0.39, 0.29) is 0 Å². The van der Waals surface area contributed by atoms with Crippen molar-refractivity contribution in [1.82, 2.24) is 9.88 Å². The molecule has 1 N–H and O–H groups in total. The van der Waals surface area contributed by atoms with Crippen LogP contribution >= 0.6 is 23.2 Å². The predicted octanol–water partition coefficient (Wildman–Crippen LogP) is 8.66. The van der Waals surface area contributed by atoms with E-state index in [4.69, 9.17) is 28.2 Å². The normalized spacial score (nSPS) is 12.7. The van der Waals surface area contributed by atoms with E-state index in [0.29, 0.717) is 16.6 Å². The summed E-state index contributed by atoms with van der Waals surface area (Å²) in [5.41, 5.74) is 4.54. The highest BCUT2D eigenvalue weighted by Gasteiger charge is 2.15. The summed E-state index contributed by atoms with van der Waals surface area (Å²) in [7, 11) is 0. The summed E-state index contributed by atoms with van der Waals surface area (Å²) in [4.78, 5) is 7.19. The van der Waals surface area contributed by atoms with Gasteiger partial charge < -0.3 is 10.0 Å². The fraction of sp³-hybridized carbons (Fsp3) is 0.323. The third kappa shape index (κ3) is 9.55. The van der Waals surface area contributed by atoms with Gasteiger partial charge in [-0.05, 0) is 91.2 Å². The lowest BCUT2D eigenvalue weighted by atomic mass is 10.1. The Morgan fingerprint density at radius 1 is 0.750 bits per heavy atom. The van der Waals surface area contributed by atoms with Crippen molar-refractivity contribution in [1.29, 1.82) is 0 Å². The van der Waals surface area contributed by atoms with Gasteiger partial charge >= 0.3 is 0 Å². The molecule has 1 heterocycles. The number of hydrogen-bond donors (Lipinski definition) is 1. The van der Waals surface area contributed by atoms with Gasteiger partial charge in [0.25, 0.3) is 0 Å². The number of aliphatic hydroxyl groups is 1. The van der Waals surface area contributed by atoms with Crippen LogP contribution in [0, 0.1) is 0 Å². The lowest BCUT2D eigenvalue weighted by molar-refractivity contribution is 0.111. The lowest BCUT2D eigenvalue weighted by Gasteiger charge is -2.25. The second-order valence-electron chi connectivity index (χ2n) is 9.04. The summed E-state index contributed by atoms with van der Waals surface area (Å²) >= 11 is 12.0.